The van der Waals surface area contributed by atoms with E-state index < -0.39 is 5.66 Å². The number of aliphatic hydroxyl groups excluding tert-OH is 1. The van der Waals surface area contributed by atoms with Crippen LogP contribution in [-0.4, -0.2) is 22.2 Å². The minimum absolute atomic E-state index is 0.0506. The van der Waals surface area contributed by atoms with Crippen molar-refractivity contribution in [2.45, 2.75) is 84.0 Å². The molecule has 4 N–H and O–H groups in total. The Morgan fingerprint density at radius 3 is 2.24 bits per heavy atom. The summed E-state index contributed by atoms with van der Waals surface area (Å²) < 4.78 is 0. The Hall–Kier alpha value is -4.06. The molecule has 6 aliphatic rings. The van der Waals surface area contributed by atoms with Crippen molar-refractivity contribution in [3.05, 3.63) is 80.9 Å². The number of ketones is 1. The number of nitrogens with one attached hydrogen (secondary N) is 3. The molecule has 2 aliphatic heterocycles. The second-order valence-corrected chi connectivity index (χ2v) is 15.8. The van der Waals surface area contributed by atoms with E-state index in [1.165, 1.54) is 18.1 Å². The van der Waals surface area contributed by atoms with Gasteiger partial charge in [0.05, 0.1) is 16.5 Å². The Bertz CT molecular complexity index is 2130. The normalized spacial score (nSPS) is 35.4. The molecule has 2 spiro atoms. The molecule has 2 saturated carbocycles. The Morgan fingerprint density at radius 1 is 0.804 bits per heavy atom. The zero-order valence-corrected chi connectivity index (χ0v) is 27.3. The lowest BCUT2D eigenvalue weighted by Gasteiger charge is -2.49. The summed E-state index contributed by atoms with van der Waals surface area (Å²) in [5.74, 6) is 2.15. The number of hydrogen-bond donors (Lipinski definition) is 4. The van der Waals surface area contributed by atoms with Gasteiger partial charge in [-0.2, -0.15) is 0 Å². The predicted molar refractivity (Wildman–Crippen MR) is 185 cm³/mol. The number of carbonyl (C=O) groups excluding carboxylic acids is 1. The average molecular weight is 613 g/mol. The largest absolute Gasteiger partial charge is 0.507 e. The SMILES string of the molecule is CC1CC(C)CC2(C1)N=c1/c(=C3\C(=O)C(C4CC=c5cccc6c5=C4NC4(CC(C)CC(C)C4)N6)=C3O)ccc3cccc(c13)N2. The molecule has 6 heteroatoms. The minimum Gasteiger partial charge on any atom is -0.507 e. The summed E-state index contributed by atoms with van der Waals surface area (Å²) in [6, 6.07) is 16.9. The molecule has 3 aromatic rings. The van der Waals surface area contributed by atoms with Gasteiger partial charge < -0.3 is 21.1 Å². The summed E-state index contributed by atoms with van der Waals surface area (Å²) in [6.45, 7) is 9.32. The number of aliphatic hydroxyl groups is 1. The Labute approximate surface area is 270 Å². The van der Waals surface area contributed by atoms with E-state index >= 15 is 0 Å². The monoisotopic (exact) mass is 612 g/mol. The summed E-state index contributed by atoms with van der Waals surface area (Å²) in [7, 11) is 0. The molecule has 0 aromatic heterocycles. The number of allylic oxidation sites excluding steroid dienone is 1. The van der Waals surface area contributed by atoms with Gasteiger partial charge in [-0.05, 0) is 91.4 Å². The van der Waals surface area contributed by atoms with Crippen LogP contribution < -0.4 is 37.0 Å². The van der Waals surface area contributed by atoms with Gasteiger partial charge in [0.1, 0.15) is 17.1 Å². The van der Waals surface area contributed by atoms with Crippen LogP contribution in [0.1, 0.15) is 72.6 Å². The summed E-state index contributed by atoms with van der Waals surface area (Å²) in [5, 5.41) is 29.7. The van der Waals surface area contributed by atoms with Crippen molar-refractivity contribution in [1.29, 1.82) is 0 Å². The molecule has 0 saturated heterocycles. The highest BCUT2D eigenvalue weighted by Crippen LogP contribution is 2.45. The van der Waals surface area contributed by atoms with Crippen LogP contribution in [0.15, 0.2) is 64.9 Å². The van der Waals surface area contributed by atoms with Crippen molar-refractivity contribution in [2.24, 2.45) is 34.6 Å². The van der Waals surface area contributed by atoms with E-state index in [-0.39, 0.29) is 23.1 Å². The van der Waals surface area contributed by atoms with E-state index in [1.807, 2.05) is 6.07 Å². The molecular formula is C40H44N4O2. The molecule has 236 valence electrons. The number of nitrogens with zero attached hydrogens (tertiary/aromatic N) is 1. The van der Waals surface area contributed by atoms with Crippen LogP contribution >= 0.6 is 0 Å². The third-order valence-corrected chi connectivity index (χ3v) is 11.7. The molecule has 2 fully saturated rings. The third kappa shape index (κ3) is 4.07. The Kier molecular flexibility index (Phi) is 5.96. The summed E-state index contributed by atoms with van der Waals surface area (Å²) in [5.41, 5.74) is 3.58. The first-order valence-corrected chi connectivity index (χ1v) is 17.4. The second-order valence-electron chi connectivity index (χ2n) is 15.8. The molecule has 3 aromatic carbocycles. The van der Waals surface area contributed by atoms with Crippen LogP contribution in [0.25, 0.3) is 28.1 Å². The molecule has 9 rings (SSSR count). The van der Waals surface area contributed by atoms with E-state index in [9.17, 15) is 9.90 Å². The van der Waals surface area contributed by atoms with Gasteiger partial charge in [-0.1, -0.05) is 70.2 Å². The lowest BCUT2D eigenvalue weighted by molar-refractivity contribution is -0.112. The van der Waals surface area contributed by atoms with E-state index in [0.29, 0.717) is 41.2 Å². The van der Waals surface area contributed by atoms with Crippen molar-refractivity contribution in [3.63, 3.8) is 0 Å². The molecule has 6 nitrogen and oxygen atoms in total. The molecule has 0 bridgehead atoms. The van der Waals surface area contributed by atoms with Gasteiger partial charge >= 0.3 is 0 Å². The van der Waals surface area contributed by atoms with Crippen LogP contribution in [0.2, 0.25) is 0 Å². The van der Waals surface area contributed by atoms with Gasteiger partial charge in [0.2, 0.25) is 0 Å². The maximum Gasteiger partial charge on any atom is 0.197 e. The zero-order chi connectivity index (χ0) is 31.5. The second kappa shape index (κ2) is 9.73. The molecule has 5 unspecified atom stereocenters. The maximum atomic E-state index is 14.4. The fourth-order valence-electron chi connectivity index (χ4n) is 10.5. The van der Waals surface area contributed by atoms with Crippen molar-refractivity contribution >= 4 is 45.3 Å². The van der Waals surface area contributed by atoms with Gasteiger partial charge in [0.15, 0.2) is 5.78 Å². The lowest BCUT2D eigenvalue weighted by atomic mass is 9.71. The highest BCUT2D eigenvalue weighted by molar-refractivity contribution is 6.37. The van der Waals surface area contributed by atoms with Gasteiger partial charge in [0, 0.05) is 38.8 Å². The average Bonchev–Trinajstić information content (AvgIpc) is 2.98. The molecule has 2 heterocycles. The molecule has 4 aliphatic carbocycles. The molecule has 46 heavy (non-hydrogen) atoms. The summed E-state index contributed by atoms with van der Waals surface area (Å²) in [4.78, 5) is 19.9. The number of Topliss-reactive ketones (excluding diaryl/α,β-unsaturated/α-hetero) is 1. The predicted octanol–water partition coefficient (Wildman–Crippen LogP) is 5.36. The van der Waals surface area contributed by atoms with E-state index in [2.05, 4.69) is 92.2 Å². The maximum absolute atomic E-state index is 14.4. The highest BCUT2D eigenvalue weighted by Gasteiger charge is 2.47. The fourth-order valence-corrected chi connectivity index (χ4v) is 10.5. The summed E-state index contributed by atoms with van der Waals surface area (Å²) >= 11 is 0. The fraction of sp³-hybridized carbons (Fsp3) is 0.450. The third-order valence-electron chi connectivity index (χ3n) is 11.7. The quantitative estimate of drug-likeness (QED) is 0.298. The smallest absolute Gasteiger partial charge is 0.197 e. The molecular weight excluding hydrogens is 568 g/mol. The standard InChI is InChI=1S/C40H44N4O2/c1-21-15-22(2)18-39(17-21)41-29-9-5-7-25-11-13-27(35(43-39)31(25)29)33-37(45)34(38(33)46)28-14-12-26-8-6-10-30-32(26)36(28)44-40(42-30)19-23(3)16-24(4)20-40/h5-13,21-24,28,41-42,44-45H,14-20H2,1-4H3/b33-27-. The number of benzene rings is 3. The molecule has 5 atom stereocenters. The first-order valence-electron chi connectivity index (χ1n) is 17.4. The van der Waals surface area contributed by atoms with Crippen LogP contribution in [0.4, 0.5) is 11.4 Å². The lowest BCUT2D eigenvalue weighted by Crippen LogP contribution is -2.62. The number of carbonyl (C=O) groups is 1. The van der Waals surface area contributed by atoms with E-state index in [4.69, 9.17) is 4.99 Å². The Morgan fingerprint density at radius 2 is 1.50 bits per heavy atom. The van der Waals surface area contributed by atoms with E-state index in [1.54, 1.807) is 0 Å². The van der Waals surface area contributed by atoms with E-state index in [0.717, 1.165) is 69.3 Å². The van der Waals surface area contributed by atoms with Crippen molar-refractivity contribution in [3.8, 4) is 0 Å². The highest BCUT2D eigenvalue weighted by atomic mass is 16.3. The summed E-state index contributed by atoms with van der Waals surface area (Å²) in [6.07, 6.45) is 9.29. The number of hydrogen-bond acceptors (Lipinski definition) is 6. The molecule has 0 amide bonds. The van der Waals surface area contributed by atoms with Crippen LogP contribution in [0.5, 0.6) is 0 Å². The number of anilines is 2. The van der Waals surface area contributed by atoms with Gasteiger partial charge in [0.25, 0.3) is 0 Å². The van der Waals surface area contributed by atoms with Crippen molar-refractivity contribution in [2.75, 3.05) is 10.6 Å². The molecule has 0 radical (unpaired) electrons. The Balaban J connectivity index is 1.22. The van der Waals surface area contributed by atoms with Gasteiger partial charge in [-0.25, -0.2) is 0 Å². The van der Waals surface area contributed by atoms with Gasteiger partial charge in [-0.15, -0.1) is 0 Å². The van der Waals surface area contributed by atoms with Crippen LogP contribution in [-0.2, 0) is 4.79 Å². The minimum atomic E-state index is -0.403. The van der Waals surface area contributed by atoms with Gasteiger partial charge in [-0.3, -0.25) is 9.79 Å². The first-order chi connectivity index (χ1) is 22.1. The zero-order valence-electron chi connectivity index (χ0n) is 27.3. The number of rotatable bonds is 1. The first kappa shape index (κ1) is 28.2. The van der Waals surface area contributed by atoms with Crippen LogP contribution in [0, 0.1) is 29.6 Å². The van der Waals surface area contributed by atoms with Crippen molar-refractivity contribution < 1.29 is 9.90 Å². The van der Waals surface area contributed by atoms with Crippen molar-refractivity contribution in [1.82, 2.24) is 5.32 Å². The topological polar surface area (TPSA) is 85.8 Å². The van der Waals surface area contributed by atoms with Crippen LogP contribution in [0.3, 0.4) is 0 Å².